The lowest BCUT2D eigenvalue weighted by molar-refractivity contribution is 0.250. The first-order valence-corrected chi connectivity index (χ1v) is 6.14. The van der Waals surface area contributed by atoms with Gasteiger partial charge in [-0.15, -0.1) is 0 Å². The van der Waals surface area contributed by atoms with Crippen LogP contribution in [-0.2, 0) is 0 Å². The molecule has 0 aromatic rings. The van der Waals surface area contributed by atoms with Gasteiger partial charge in [-0.3, -0.25) is 0 Å². The standard InChI is InChI=1S/C11H24BF3N/c1-10(2)5-7-16(8-6-11(3)4)9-12(13,14)15/h10-11H,5-9H2,1-4H3/q-1. The molecule has 0 rings (SSSR count). The predicted molar refractivity (Wildman–Crippen MR) is 64.4 cm³/mol. The van der Waals surface area contributed by atoms with Crippen molar-refractivity contribution in [3.63, 3.8) is 0 Å². The van der Waals surface area contributed by atoms with Crippen molar-refractivity contribution in [1.82, 2.24) is 4.90 Å². The molecule has 16 heavy (non-hydrogen) atoms. The normalized spacial score (nSPS) is 13.1. The number of rotatable bonds is 8. The molecular formula is C11H24BF3N-. The van der Waals surface area contributed by atoms with Crippen molar-refractivity contribution >= 4 is 6.98 Å². The van der Waals surface area contributed by atoms with Gasteiger partial charge in [0.2, 0.25) is 0 Å². The molecule has 0 fully saturated rings. The zero-order valence-corrected chi connectivity index (χ0v) is 10.8. The van der Waals surface area contributed by atoms with Crippen molar-refractivity contribution in [2.24, 2.45) is 11.8 Å². The Morgan fingerprint density at radius 2 is 1.25 bits per heavy atom. The Labute approximate surface area is 97.5 Å². The van der Waals surface area contributed by atoms with Crippen molar-refractivity contribution in [1.29, 1.82) is 0 Å². The van der Waals surface area contributed by atoms with E-state index in [0.29, 0.717) is 24.9 Å². The maximum Gasteiger partial charge on any atom is 0.492 e. The Bertz CT molecular complexity index is 169. The van der Waals surface area contributed by atoms with Crippen molar-refractivity contribution in [3.05, 3.63) is 0 Å². The summed E-state index contributed by atoms with van der Waals surface area (Å²) in [5.74, 6) is 0.921. The van der Waals surface area contributed by atoms with Gasteiger partial charge in [0, 0.05) is 0 Å². The summed E-state index contributed by atoms with van der Waals surface area (Å²) in [6.45, 7) is 4.60. The minimum Gasteiger partial charge on any atom is -0.448 e. The van der Waals surface area contributed by atoms with E-state index in [-0.39, 0.29) is 0 Å². The Hall–Kier alpha value is -0.185. The van der Waals surface area contributed by atoms with Crippen LogP contribution in [-0.4, -0.2) is 31.4 Å². The van der Waals surface area contributed by atoms with Gasteiger partial charge in [-0.2, -0.15) is 0 Å². The second-order valence-electron chi connectivity index (χ2n) is 5.38. The van der Waals surface area contributed by atoms with Gasteiger partial charge >= 0.3 is 6.98 Å². The minimum atomic E-state index is -4.69. The van der Waals surface area contributed by atoms with Gasteiger partial charge in [0.25, 0.3) is 0 Å². The first-order valence-electron chi connectivity index (χ1n) is 6.14. The molecule has 0 spiro atoms. The van der Waals surface area contributed by atoms with Crippen molar-refractivity contribution < 1.29 is 12.9 Å². The van der Waals surface area contributed by atoms with Crippen LogP contribution in [0.5, 0.6) is 0 Å². The SMILES string of the molecule is CC(C)CCN(CCC(C)C)C[B-](F)(F)F. The number of hydrogen-bond donors (Lipinski definition) is 0. The predicted octanol–water partition coefficient (Wildman–Crippen LogP) is 3.77. The fourth-order valence-electron chi connectivity index (χ4n) is 1.47. The molecule has 0 aliphatic heterocycles. The highest BCUT2D eigenvalue weighted by Crippen LogP contribution is 2.13. The lowest BCUT2D eigenvalue weighted by Gasteiger charge is -2.29. The third-order valence-corrected chi connectivity index (χ3v) is 2.51. The largest absolute Gasteiger partial charge is 0.492 e. The van der Waals surface area contributed by atoms with Crippen LogP contribution in [0, 0.1) is 11.8 Å². The van der Waals surface area contributed by atoms with E-state index in [9.17, 15) is 12.9 Å². The van der Waals surface area contributed by atoms with Crippen LogP contribution in [0.2, 0.25) is 0 Å². The first-order chi connectivity index (χ1) is 7.20. The van der Waals surface area contributed by atoms with Gasteiger partial charge < -0.3 is 17.8 Å². The quantitative estimate of drug-likeness (QED) is 0.582. The highest BCUT2D eigenvalue weighted by atomic mass is 19.4. The summed E-state index contributed by atoms with van der Waals surface area (Å²) in [6, 6.07) is 0. The van der Waals surface area contributed by atoms with Gasteiger partial charge in [0.05, 0.1) is 0 Å². The summed E-state index contributed by atoms with van der Waals surface area (Å²) < 4.78 is 37.1. The molecule has 0 amide bonds. The zero-order valence-electron chi connectivity index (χ0n) is 10.8. The smallest absolute Gasteiger partial charge is 0.448 e. The number of halogens is 3. The molecule has 0 aromatic carbocycles. The zero-order chi connectivity index (χ0) is 12.8. The average molecular weight is 238 g/mol. The van der Waals surface area contributed by atoms with Gasteiger partial charge in [-0.1, -0.05) is 27.7 Å². The van der Waals surface area contributed by atoms with E-state index in [1.54, 1.807) is 4.90 Å². The summed E-state index contributed by atoms with van der Waals surface area (Å²) in [6.07, 6.45) is 0.966. The third kappa shape index (κ3) is 10.3. The molecule has 0 heterocycles. The molecule has 1 nitrogen and oxygen atoms in total. The van der Waals surface area contributed by atoms with E-state index in [2.05, 4.69) is 0 Å². The molecule has 0 radical (unpaired) electrons. The summed E-state index contributed by atoms with van der Waals surface area (Å²) in [5, 5.41) is 0. The van der Waals surface area contributed by atoms with E-state index in [4.69, 9.17) is 0 Å². The Morgan fingerprint density at radius 3 is 1.50 bits per heavy atom. The summed E-state index contributed by atoms with van der Waals surface area (Å²) >= 11 is 0. The fraction of sp³-hybridized carbons (Fsp3) is 1.00. The van der Waals surface area contributed by atoms with Crippen LogP contribution in [0.15, 0.2) is 0 Å². The molecular weight excluding hydrogens is 214 g/mol. The molecule has 98 valence electrons. The van der Waals surface area contributed by atoms with Crippen LogP contribution in [0.4, 0.5) is 12.9 Å². The average Bonchev–Trinajstić information content (AvgIpc) is 2.07. The third-order valence-electron chi connectivity index (χ3n) is 2.51. The Morgan fingerprint density at radius 1 is 0.875 bits per heavy atom. The second kappa shape index (κ2) is 7.20. The molecule has 0 aliphatic rings. The van der Waals surface area contributed by atoms with E-state index >= 15 is 0 Å². The second-order valence-corrected chi connectivity index (χ2v) is 5.38. The summed E-state index contributed by atoms with van der Waals surface area (Å²) in [4.78, 5) is 1.56. The van der Waals surface area contributed by atoms with E-state index in [1.807, 2.05) is 27.7 Å². The maximum absolute atomic E-state index is 12.4. The molecule has 0 N–H and O–H groups in total. The van der Waals surface area contributed by atoms with Crippen LogP contribution in [0.3, 0.4) is 0 Å². The molecule has 0 aliphatic carbocycles. The molecule has 0 aromatic heterocycles. The van der Waals surface area contributed by atoms with Crippen molar-refractivity contribution in [2.75, 3.05) is 19.5 Å². The monoisotopic (exact) mass is 238 g/mol. The summed E-state index contributed by atoms with van der Waals surface area (Å²) in [7, 11) is 0. The van der Waals surface area contributed by atoms with Gasteiger partial charge in [-0.25, -0.2) is 0 Å². The molecule has 0 unspecified atom stereocenters. The maximum atomic E-state index is 12.4. The van der Waals surface area contributed by atoms with Crippen molar-refractivity contribution in [2.45, 2.75) is 40.5 Å². The molecule has 0 atom stereocenters. The van der Waals surface area contributed by atoms with E-state index in [0.717, 1.165) is 12.8 Å². The number of nitrogens with zero attached hydrogens (tertiary/aromatic N) is 1. The molecule has 0 bridgehead atoms. The molecule has 0 saturated heterocycles. The van der Waals surface area contributed by atoms with Crippen LogP contribution >= 0.6 is 0 Å². The Balaban J connectivity index is 4.05. The Kier molecular flexibility index (Phi) is 7.12. The first kappa shape index (κ1) is 15.8. The topological polar surface area (TPSA) is 3.24 Å². The lowest BCUT2D eigenvalue weighted by atomic mass is 9.90. The highest BCUT2D eigenvalue weighted by Gasteiger charge is 2.26. The number of hydrogen-bond acceptors (Lipinski definition) is 1. The van der Waals surface area contributed by atoms with Gasteiger partial charge in [0.15, 0.2) is 0 Å². The van der Waals surface area contributed by atoms with Gasteiger partial charge in [-0.05, 0) is 44.2 Å². The minimum absolute atomic E-state index is 0.460. The van der Waals surface area contributed by atoms with E-state index < -0.39 is 13.4 Å². The van der Waals surface area contributed by atoms with Crippen molar-refractivity contribution in [3.8, 4) is 0 Å². The molecule has 5 heteroatoms. The molecule has 0 saturated carbocycles. The summed E-state index contributed by atoms with van der Waals surface area (Å²) in [5.41, 5.74) is 0. The van der Waals surface area contributed by atoms with Crippen LogP contribution in [0.1, 0.15) is 40.5 Å². The highest BCUT2D eigenvalue weighted by molar-refractivity contribution is 6.58. The lowest BCUT2D eigenvalue weighted by Crippen LogP contribution is -2.39. The van der Waals surface area contributed by atoms with Crippen LogP contribution < -0.4 is 0 Å². The van der Waals surface area contributed by atoms with Crippen LogP contribution in [0.25, 0.3) is 0 Å². The van der Waals surface area contributed by atoms with Gasteiger partial charge in [0.1, 0.15) is 0 Å². The fourth-order valence-corrected chi connectivity index (χ4v) is 1.47. The van der Waals surface area contributed by atoms with E-state index in [1.165, 1.54) is 0 Å².